The van der Waals surface area contributed by atoms with Crippen LogP contribution < -0.4 is 5.32 Å². The largest absolute Gasteiger partial charge is 0.359 e. The van der Waals surface area contributed by atoms with Crippen LogP contribution in [0.4, 0.5) is 5.69 Å². The van der Waals surface area contributed by atoms with Gasteiger partial charge in [-0.2, -0.15) is 15.8 Å². The normalized spacial score (nSPS) is 8.12. The van der Waals surface area contributed by atoms with Gasteiger partial charge in [-0.25, -0.2) is 0 Å². The average Bonchev–Trinajstić information content (AvgIpc) is 2.31. The third-order valence-corrected chi connectivity index (χ3v) is 2.39. The summed E-state index contributed by atoms with van der Waals surface area (Å²) < 4.78 is 0.949. The fraction of sp³-hybridized carbons (Fsp3) is 0. The maximum Gasteiger partial charge on any atom is 0.145 e. The van der Waals surface area contributed by atoms with Crippen LogP contribution in [-0.4, -0.2) is 0 Å². The lowest BCUT2D eigenvalue weighted by Crippen LogP contribution is -1.93. The average molecular weight is 320 g/mol. The van der Waals surface area contributed by atoms with Crippen LogP contribution in [-0.2, 0) is 0 Å². The predicted octanol–water partition coefficient (Wildman–Crippen LogP) is 2.51. The van der Waals surface area contributed by atoms with E-state index >= 15 is 0 Å². The van der Waals surface area contributed by atoms with E-state index in [1.165, 1.54) is 6.20 Å². The zero-order chi connectivity index (χ0) is 12.0. The molecule has 16 heavy (non-hydrogen) atoms. The topological polar surface area (TPSA) is 83.4 Å². The van der Waals surface area contributed by atoms with Crippen LogP contribution in [0.3, 0.4) is 0 Å². The van der Waals surface area contributed by atoms with Crippen molar-refractivity contribution in [1.82, 2.24) is 0 Å². The van der Waals surface area contributed by atoms with E-state index in [-0.39, 0.29) is 5.57 Å². The third kappa shape index (κ3) is 2.98. The standard InChI is InChI=1S/C11H5IN4/c12-10-1-2-11(9(3-10)6-15)16-7-8(4-13)5-14/h1-3,7,16H. The molecule has 0 fully saturated rings. The molecule has 0 radical (unpaired) electrons. The van der Waals surface area contributed by atoms with Gasteiger partial charge in [0.15, 0.2) is 0 Å². The van der Waals surface area contributed by atoms with Crippen molar-refractivity contribution in [1.29, 1.82) is 15.8 Å². The van der Waals surface area contributed by atoms with Gasteiger partial charge in [0.2, 0.25) is 0 Å². The summed E-state index contributed by atoms with van der Waals surface area (Å²) in [5, 5.41) is 28.7. The SMILES string of the molecule is N#CC(C#N)=CNc1ccc(I)cc1C#N. The van der Waals surface area contributed by atoms with Crippen molar-refractivity contribution in [3.63, 3.8) is 0 Å². The van der Waals surface area contributed by atoms with E-state index < -0.39 is 0 Å². The fourth-order valence-electron chi connectivity index (χ4n) is 0.974. The second-order valence-corrected chi connectivity index (χ2v) is 3.97. The monoisotopic (exact) mass is 320 g/mol. The van der Waals surface area contributed by atoms with Crippen LogP contribution in [0.2, 0.25) is 0 Å². The first kappa shape index (κ1) is 12.0. The second-order valence-electron chi connectivity index (χ2n) is 2.73. The third-order valence-electron chi connectivity index (χ3n) is 1.71. The quantitative estimate of drug-likeness (QED) is 0.670. The summed E-state index contributed by atoms with van der Waals surface area (Å²) in [6.45, 7) is 0. The first-order chi connectivity index (χ1) is 7.71. The Bertz CT molecular complexity index is 539. The van der Waals surface area contributed by atoms with Crippen molar-refractivity contribution in [3.8, 4) is 18.2 Å². The van der Waals surface area contributed by atoms with E-state index in [1.54, 1.807) is 24.3 Å². The molecule has 76 valence electrons. The summed E-state index contributed by atoms with van der Waals surface area (Å²) in [5.41, 5.74) is 1.01. The molecule has 0 amide bonds. The Morgan fingerprint density at radius 1 is 1.25 bits per heavy atom. The maximum absolute atomic E-state index is 8.88. The summed E-state index contributed by atoms with van der Waals surface area (Å²) in [6, 6.07) is 10.8. The number of hydrogen-bond donors (Lipinski definition) is 1. The van der Waals surface area contributed by atoms with E-state index in [0.717, 1.165) is 3.57 Å². The van der Waals surface area contributed by atoms with Crippen molar-refractivity contribution >= 4 is 28.3 Å². The summed E-state index contributed by atoms with van der Waals surface area (Å²) >= 11 is 2.10. The van der Waals surface area contributed by atoms with Gasteiger partial charge in [-0.1, -0.05) is 0 Å². The number of nitrogens with one attached hydrogen (secondary N) is 1. The van der Waals surface area contributed by atoms with E-state index in [1.807, 2.05) is 12.1 Å². The first-order valence-corrected chi connectivity index (χ1v) is 5.25. The van der Waals surface area contributed by atoms with Gasteiger partial charge in [0.05, 0.1) is 11.3 Å². The molecule has 0 bridgehead atoms. The smallest absolute Gasteiger partial charge is 0.145 e. The van der Waals surface area contributed by atoms with Gasteiger partial charge in [-0.05, 0) is 40.8 Å². The number of nitriles is 3. The molecule has 5 heteroatoms. The molecule has 0 saturated heterocycles. The molecule has 1 rings (SSSR count). The highest BCUT2D eigenvalue weighted by Crippen LogP contribution is 2.18. The molecule has 0 heterocycles. The van der Waals surface area contributed by atoms with Gasteiger partial charge in [-0.3, -0.25) is 0 Å². The summed E-state index contributed by atoms with van der Waals surface area (Å²) in [7, 11) is 0. The Balaban J connectivity index is 3.01. The molecule has 1 N–H and O–H groups in total. The molecule has 0 aliphatic carbocycles. The number of hydrogen-bond acceptors (Lipinski definition) is 4. The number of rotatable bonds is 2. The second kappa shape index (κ2) is 5.75. The van der Waals surface area contributed by atoms with Gasteiger partial charge in [0.1, 0.15) is 23.8 Å². The lowest BCUT2D eigenvalue weighted by molar-refractivity contribution is 1.43. The molecule has 1 aromatic carbocycles. The molecular weight excluding hydrogens is 315 g/mol. The van der Waals surface area contributed by atoms with Crippen LogP contribution in [0, 0.1) is 37.6 Å². The van der Waals surface area contributed by atoms with Crippen molar-refractivity contribution < 1.29 is 0 Å². The summed E-state index contributed by atoms with van der Waals surface area (Å²) in [5.74, 6) is 0. The molecule has 0 aliphatic rings. The van der Waals surface area contributed by atoms with Crippen molar-refractivity contribution in [2.45, 2.75) is 0 Å². The molecule has 0 saturated carbocycles. The van der Waals surface area contributed by atoms with E-state index in [9.17, 15) is 0 Å². The van der Waals surface area contributed by atoms with Gasteiger partial charge in [-0.15, -0.1) is 0 Å². The molecule has 0 unspecified atom stereocenters. The van der Waals surface area contributed by atoms with Crippen molar-refractivity contribution in [2.24, 2.45) is 0 Å². The Kier molecular flexibility index (Phi) is 4.32. The summed E-state index contributed by atoms with van der Waals surface area (Å²) in [6.07, 6.45) is 1.28. The first-order valence-electron chi connectivity index (χ1n) is 4.18. The van der Waals surface area contributed by atoms with Crippen LogP contribution in [0.25, 0.3) is 0 Å². The molecule has 4 nitrogen and oxygen atoms in total. The minimum Gasteiger partial charge on any atom is -0.359 e. The molecular formula is C11H5IN4. The number of halogens is 1. The predicted molar refractivity (Wildman–Crippen MR) is 66.8 cm³/mol. The number of allylic oxidation sites excluding steroid dienone is 1. The molecule has 1 aromatic rings. The number of benzene rings is 1. The highest BCUT2D eigenvalue weighted by molar-refractivity contribution is 14.1. The van der Waals surface area contributed by atoms with Gasteiger partial charge < -0.3 is 5.32 Å². The van der Waals surface area contributed by atoms with Crippen molar-refractivity contribution in [2.75, 3.05) is 5.32 Å². The number of anilines is 1. The van der Waals surface area contributed by atoms with Crippen LogP contribution in [0.5, 0.6) is 0 Å². The van der Waals surface area contributed by atoms with Crippen LogP contribution >= 0.6 is 22.6 Å². The fourth-order valence-corrected chi connectivity index (χ4v) is 1.47. The van der Waals surface area contributed by atoms with Gasteiger partial charge >= 0.3 is 0 Å². The van der Waals surface area contributed by atoms with Crippen LogP contribution in [0.1, 0.15) is 5.56 Å². The van der Waals surface area contributed by atoms with Crippen LogP contribution in [0.15, 0.2) is 30.0 Å². The van der Waals surface area contributed by atoms with E-state index in [0.29, 0.717) is 11.3 Å². The summed E-state index contributed by atoms with van der Waals surface area (Å²) in [4.78, 5) is 0. The Morgan fingerprint density at radius 2 is 1.94 bits per heavy atom. The zero-order valence-electron chi connectivity index (χ0n) is 8.03. The lowest BCUT2D eigenvalue weighted by Gasteiger charge is -2.03. The van der Waals surface area contributed by atoms with E-state index in [4.69, 9.17) is 15.8 Å². The highest BCUT2D eigenvalue weighted by atomic mass is 127. The molecule has 0 aliphatic heterocycles. The highest BCUT2D eigenvalue weighted by Gasteiger charge is 2.01. The number of nitrogens with zero attached hydrogens (tertiary/aromatic N) is 3. The van der Waals surface area contributed by atoms with Crippen molar-refractivity contribution in [3.05, 3.63) is 39.1 Å². The molecule has 0 aromatic heterocycles. The van der Waals surface area contributed by atoms with E-state index in [2.05, 4.69) is 27.9 Å². The Hall–Kier alpha value is -2.04. The maximum atomic E-state index is 8.88. The van der Waals surface area contributed by atoms with Gasteiger partial charge in [0, 0.05) is 9.77 Å². The minimum atomic E-state index is -0.0394. The minimum absolute atomic E-state index is 0.0394. The molecule has 0 atom stereocenters. The zero-order valence-corrected chi connectivity index (χ0v) is 10.2. The lowest BCUT2D eigenvalue weighted by atomic mass is 10.2. The van der Waals surface area contributed by atoms with Gasteiger partial charge in [0.25, 0.3) is 0 Å². The molecule has 0 spiro atoms. The Labute approximate surface area is 107 Å². The Morgan fingerprint density at radius 3 is 2.50 bits per heavy atom.